The number of nitrogens with zero attached hydrogens (tertiary/aromatic N) is 1. The number of benzene rings is 1. The van der Waals surface area contributed by atoms with E-state index in [4.69, 9.17) is 11.6 Å². The number of aliphatic hydroxyl groups excluding tert-OH is 1. The summed E-state index contributed by atoms with van der Waals surface area (Å²) in [5.74, 6) is -0.115. The molecule has 0 radical (unpaired) electrons. The molecule has 0 saturated heterocycles. The molecule has 1 atom stereocenters. The largest absolute Gasteiger partial charge is 0.396 e. The van der Waals surface area contributed by atoms with Gasteiger partial charge in [-0.2, -0.15) is 0 Å². The number of nitrogens with one attached hydrogen (secondary N) is 1. The number of amides is 1. The quantitative estimate of drug-likeness (QED) is 0.862. The molecule has 0 saturated carbocycles. The maximum Gasteiger partial charge on any atom is 0.251 e. The van der Waals surface area contributed by atoms with Crippen molar-refractivity contribution in [3.8, 4) is 0 Å². The van der Waals surface area contributed by atoms with Crippen molar-refractivity contribution in [2.45, 2.75) is 12.3 Å². The Morgan fingerprint density at radius 3 is 2.71 bits per heavy atom. The van der Waals surface area contributed by atoms with Crippen LogP contribution >= 0.6 is 11.6 Å². The predicted molar refractivity (Wildman–Crippen MR) is 82.5 cm³/mol. The summed E-state index contributed by atoms with van der Waals surface area (Å²) in [6, 6.07) is 10.6. The molecule has 1 aromatic carbocycles. The number of aliphatic hydroxyl groups is 1. The molecule has 0 bridgehead atoms. The highest BCUT2D eigenvalue weighted by molar-refractivity contribution is 6.30. The van der Waals surface area contributed by atoms with Gasteiger partial charge in [0.05, 0.1) is 0 Å². The summed E-state index contributed by atoms with van der Waals surface area (Å²) in [4.78, 5) is 16.1. The molecule has 4 nitrogen and oxygen atoms in total. The van der Waals surface area contributed by atoms with Gasteiger partial charge in [-0.3, -0.25) is 9.78 Å². The predicted octanol–water partition coefficient (Wildman–Crippen LogP) is 2.63. The van der Waals surface area contributed by atoms with Gasteiger partial charge in [-0.1, -0.05) is 17.7 Å². The summed E-state index contributed by atoms with van der Waals surface area (Å²) >= 11 is 5.88. The highest BCUT2D eigenvalue weighted by Crippen LogP contribution is 2.18. The number of rotatable bonds is 6. The van der Waals surface area contributed by atoms with E-state index in [2.05, 4.69) is 10.3 Å². The van der Waals surface area contributed by atoms with Gasteiger partial charge in [-0.25, -0.2) is 0 Å². The fourth-order valence-electron chi connectivity index (χ4n) is 2.13. The van der Waals surface area contributed by atoms with Crippen LogP contribution in [0.4, 0.5) is 0 Å². The summed E-state index contributed by atoms with van der Waals surface area (Å²) in [5.41, 5.74) is 1.57. The molecule has 1 unspecified atom stereocenters. The minimum absolute atomic E-state index is 0.0566. The summed E-state index contributed by atoms with van der Waals surface area (Å²) in [6.07, 6.45) is 4.00. The lowest BCUT2D eigenvalue weighted by Crippen LogP contribution is -2.28. The van der Waals surface area contributed by atoms with Crippen molar-refractivity contribution in [3.05, 3.63) is 64.9 Å². The van der Waals surface area contributed by atoms with Crippen LogP contribution in [0.2, 0.25) is 5.02 Å². The lowest BCUT2D eigenvalue weighted by atomic mass is 9.97. The lowest BCUT2D eigenvalue weighted by Gasteiger charge is -2.17. The van der Waals surface area contributed by atoms with E-state index in [0.29, 0.717) is 23.6 Å². The maximum absolute atomic E-state index is 12.1. The van der Waals surface area contributed by atoms with Gasteiger partial charge in [0.25, 0.3) is 5.91 Å². The van der Waals surface area contributed by atoms with E-state index in [1.54, 1.807) is 36.7 Å². The Hall–Kier alpha value is -1.91. The van der Waals surface area contributed by atoms with E-state index in [0.717, 1.165) is 5.56 Å². The highest BCUT2D eigenvalue weighted by Gasteiger charge is 2.13. The van der Waals surface area contributed by atoms with Crippen LogP contribution in [0.15, 0.2) is 48.8 Å². The van der Waals surface area contributed by atoms with Crippen LogP contribution in [0, 0.1) is 0 Å². The van der Waals surface area contributed by atoms with Crippen molar-refractivity contribution in [1.82, 2.24) is 10.3 Å². The Balaban J connectivity index is 2.00. The topological polar surface area (TPSA) is 62.2 Å². The molecule has 0 spiro atoms. The van der Waals surface area contributed by atoms with Crippen LogP contribution in [-0.2, 0) is 0 Å². The molecule has 21 heavy (non-hydrogen) atoms. The monoisotopic (exact) mass is 304 g/mol. The third kappa shape index (κ3) is 4.55. The van der Waals surface area contributed by atoms with Crippen molar-refractivity contribution in [2.75, 3.05) is 13.2 Å². The number of hydrogen-bond acceptors (Lipinski definition) is 3. The van der Waals surface area contributed by atoms with Crippen molar-refractivity contribution >= 4 is 17.5 Å². The SMILES string of the molecule is O=C(NCC(CCO)c1ccncc1)c1cccc(Cl)c1. The van der Waals surface area contributed by atoms with Gasteiger partial charge in [-0.05, 0) is 42.3 Å². The number of hydrogen-bond donors (Lipinski definition) is 2. The smallest absolute Gasteiger partial charge is 0.251 e. The first-order chi connectivity index (χ1) is 10.2. The summed E-state index contributed by atoms with van der Waals surface area (Å²) in [6.45, 7) is 0.524. The van der Waals surface area contributed by atoms with Crippen LogP contribution < -0.4 is 5.32 Å². The molecule has 0 fully saturated rings. The van der Waals surface area contributed by atoms with E-state index in [-0.39, 0.29) is 18.4 Å². The molecular weight excluding hydrogens is 288 g/mol. The van der Waals surface area contributed by atoms with Crippen LogP contribution in [0.1, 0.15) is 28.3 Å². The molecule has 5 heteroatoms. The van der Waals surface area contributed by atoms with Gasteiger partial charge in [0.1, 0.15) is 0 Å². The zero-order valence-electron chi connectivity index (χ0n) is 11.5. The standard InChI is InChI=1S/C16H17ClN2O2/c17-15-3-1-2-13(10-15)16(21)19-11-14(6-9-20)12-4-7-18-8-5-12/h1-5,7-8,10,14,20H,6,9,11H2,(H,19,21). The lowest BCUT2D eigenvalue weighted by molar-refractivity contribution is 0.0949. The highest BCUT2D eigenvalue weighted by atomic mass is 35.5. The first kappa shape index (κ1) is 15.5. The van der Waals surface area contributed by atoms with Gasteiger partial charge in [0, 0.05) is 42.0 Å². The van der Waals surface area contributed by atoms with Gasteiger partial charge in [-0.15, -0.1) is 0 Å². The van der Waals surface area contributed by atoms with Crippen LogP contribution in [0.3, 0.4) is 0 Å². The second-order valence-electron chi connectivity index (χ2n) is 4.71. The van der Waals surface area contributed by atoms with Gasteiger partial charge in [0.2, 0.25) is 0 Å². The molecular formula is C16H17ClN2O2. The number of carbonyl (C=O) groups excluding carboxylic acids is 1. The number of aromatic nitrogens is 1. The molecule has 1 heterocycles. The molecule has 0 aliphatic carbocycles. The number of halogens is 1. The van der Waals surface area contributed by atoms with Crippen LogP contribution in [-0.4, -0.2) is 29.1 Å². The fourth-order valence-corrected chi connectivity index (χ4v) is 2.32. The Labute approximate surface area is 128 Å². The minimum Gasteiger partial charge on any atom is -0.396 e. The van der Waals surface area contributed by atoms with Crippen molar-refractivity contribution in [3.63, 3.8) is 0 Å². The third-order valence-corrected chi connectivity index (χ3v) is 3.49. The first-order valence-corrected chi connectivity index (χ1v) is 7.13. The zero-order valence-corrected chi connectivity index (χ0v) is 12.3. The molecule has 0 aliphatic heterocycles. The van der Waals surface area contributed by atoms with Gasteiger partial charge >= 0.3 is 0 Å². The van der Waals surface area contributed by atoms with E-state index in [9.17, 15) is 9.90 Å². The molecule has 1 amide bonds. The molecule has 110 valence electrons. The summed E-state index contributed by atoms with van der Waals surface area (Å²) in [7, 11) is 0. The average molecular weight is 305 g/mol. The molecule has 2 rings (SSSR count). The Bertz CT molecular complexity index is 590. The second kappa shape index (κ2) is 7.76. The van der Waals surface area contributed by atoms with Gasteiger partial charge < -0.3 is 10.4 Å². The van der Waals surface area contributed by atoms with Crippen LogP contribution in [0.25, 0.3) is 0 Å². The van der Waals surface area contributed by atoms with E-state index in [1.165, 1.54) is 0 Å². The Morgan fingerprint density at radius 1 is 1.29 bits per heavy atom. The summed E-state index contributed by atoms with van der Waals surface area (Å²) < 4.78 is 0. The average Bonchev–Trinajstić information content (AvgIpc) is 2.52. The van der Waals surface area contributed by atoms with E-state index in [1.807, 2.05) is 12.1 Å². The fraction of sp³-hybridized carbons (Fsp3) is 0.250. The third-order valence-electron chi connectivity index (χ3n) is 3.25. The second-order valence-corrected chi connectivity index (χ2v) is 5.15. The zero-order chi connectivity index (χ0) is 15.1. The molecule has 1 aromatic heterocycles. The summed E-state index contributed by atoms with van der Waals surface area (Å²) in [5, 5.41) is 12.6. The van der Waals surface area contributed by atoms with E-state index < -0.39 is 0 Å². The normalized spacial score (nSPS) is 11.9. The number of pyridine rings is 1. The van der Waals surface area contributed by atoms with Crippen molar-refractivity contribution in [1.29, 1.82) is 0 Å². The number of carbonyl (C=O) groups is 1. The Kier molecular flexibility index (Phi) is 5.72. The first-order valence-electron chi connectivity index (χ1n) is 6.75. The van der Waals surface area contributed by atoms with E-state index >= 15 is 0 Å². The van der Waals surface area contributed by atoms with Crippen molar-refractivity contribution in [2.24, 2.45) is 0 Å². The Morgan fingerprint density at radius 2 is 2.05 bits per heavy atom. The maximum atomic E-state index is 12.1. The molecule has 2 N–H and O–H groups in total. The molecule has 2 aromatic rings. The van der Waals surface area contributed by atoms with Gasteiger partial charge in [0.15, 0.2) is 0 Å². The minimum atomic E-state index is -0.172. The van der Waals surface area contributed by atoms with Crippen LogP contribution in [0.5, 0.6) is 0 Å². The van der Waals surface area contributed by atoms with Crippen molar-refractivity contribution < 1.29 is 9.90 Å². The molecule has 0 aliphatic rings.